The van der Waals surface area contributed by atoms with E-state index in [0.29, 0.717) is 42.9 Å². The van der Waals surface area contributed by atoms with Gasteiger partial charge in [0.1, 0.15) is 16.5 Å². The van der Waals surface area contributed by atoms with Gasteiger partial charge in [-0.3, -0.25) is 9.59 Å². The van der Waals surface area contributed by atoms with Crippen molar-refractivity contribution in [2.75, 3.05) is 19.7 Å². The lowest BCUT2D eigenvalue weighted by Gasteiger charge is -2.23. The van der Waals surface area contributed by atoms with Crippen molar-refractivity contribution in [2.24, 2.45) is 11.8 Å². The van der Waals surface area contributed by atoms with E-state index in [9.17, 15) is 9.59 Å². The third kappa shape index (κ3) is 7.31. The van der Waals surface area contributed by atoms with Gasteiger partial charge in [-0.15, -0.1) is 11.3 Å². The highest BCUT2D eigenvalue weighted by Gasteiger charge is 2.19. The van der Waals surface area contributed by atoms with Crippen LogP contribution in [-0.2, 0) is 11.3 Å². The third-order valence-corrected chi connectivity index (χ3v) is 4.66. The SMILES string of the molecule is CC(C)CNC(=O)c1csc(CN(CC(C)C)C(=O)COc2ccccc2)n1. The maximum Gasteiger partial charge on any atom is 0.270 e. The largest absolute Gasteiger partial charge is 0.484 e. The number of benzene rings is 1. The average molecular weight is 404 g/mol. The Morgan fingerprint density at radius 1 is 1.14 bits per heavy atom. The number of amides is 2. The fraction of sp³-hybridized carbons (Fsp3) is 0.476. The van der Waals surface area contributed by atoms with Crippen molar-refractivity contribution in [1.29, 1.82) is 0 Å². The minimum Gasteiger partial charge on any atom is -0.484 e. The van der Waals surface area contributed by atoms with E-state index in [2.05, 4.69) is 24.1 Å². The van der Waals surface area contributed by atoms with Crippen LogP contribution < -0.4 is 10.1 Å². The molecule has 2 amide bonds. The summed E-state index contributed by atoms with van der Waals surface area (Å²) in [6.45, 7) is 9.77. The van der Waals surface area contributed by atoms with Gasteiger partial charge in [0.15, 0.2) is 6.61 Å². The Kier molecular flexibility index (Phi) is 8.44. The zero-order valence-electron chi connectivity index (χ0n) is 17.0. The minimum atomic E-state index is -0.176. The van der Waals surface area contributed by atoms with E-state index in [1.165, 1.54) is 11.3 Å². The van der Waals surface area contributed by atoms with Crippen LogP contribution in [0, 0.1) is 11.8 Å². The summed E-state index contributed by atoms with van der Waals surface area (Å²) >= 11 is 1.39. The Bertz CT molecular complexity index is 759. The number of carbonyl (C=O) groups is 2. The third-order valence-electron chi connectivity index (χ3n) is 3.83. The second-order valence-corrected chi connectivity index (χ2v) is 8.44. The summed E-state index contributed by atoms with van der Waals surface area (Å²) in [6, 6.07) is 9.28. The summed E-state index contributed by atoms with van der Waals surface area (Å²) in [5.41, 5.74) is 0.401. The van der Waals surface area contributed by atoms with Gasteiger partial charge < -0.3 is 15.0 Å². The molecule has 0 saturated carbocycles. The number of rotatable bonds is 10. The normalized spacial score (nSPS) is 10.9. The molecule has 0 aliphatic carbocycles. The molecule has 2 rings (SSSR count). The number of thiazole rings is 1. The topological polar surface area (TPSA) is 71.5 Å². The second kappa shape index (κ2) is 10.8. The van der Waals surface area contributed by atoms with Crippen LogP contribution in [0.25, 0.3) is 0 Å². The number of carbonyl (C=O) groups excluding carboxylic acids is 2. The molecule has 0 spiro atoms. The zero-order valence-corrected chi connectivity index (χ0v) is 17.8. The summed E-state index contributed by atoms with van der Waals surface area (Å²) in [4.78, 5) is 31.0. The molecule has 152 valence electrons. The number of nitrogens with one attached hydrogen (secondary N) is 1. The van der Waals surface area contributed by atoms with E-state index in [-0.39, 0.29) is 18.4 Å². The van der Waals surface area contributed by atoms with Gasteiger partial charge in [0.25, 0.3) is 11.8 Å². The Morgan fingerprint density at radius 2 is 1.86 bits per heavy atom. The average Bonchev–Trinajstić information content (AvgIpc) is 3.12. The molecule has 1 aromatic heterocycles. The minimum absolute atomic E-state index is 0.0240. The molecule has 0 aliphatic heterocycles. The van der Waals surface area contributed by atoms with Crippen molar-refractivity contribution in [2.45, 2.75) is 34.2 Å². The fourth-order valence-electron chi connectivity index (χ4n) is 2.49. The molecule has 6 nitrogen and oxygen atoms in total. The van der Waals surface area contributed by atoms with Crippen LogP contribution in [0.1, 0.15) is 43.2 Å². The summed E-state index contributed by atoms with van der Waals surface area (Å²) in [5.74, 6) is 1.09. The summed E-state index contributed by atoms with van der Waals surface area (Å²) in [6.07, 6.45) is 0. The lowest BCUT2D eigenvalue weighted by atomic mass is 10.2. The number of aromatic nitrogens is 1. The molecule has 0 fully saturated rings. The second-order valence-electron chi connectivity index (χ2n) is 7.50. The molecule has 0 saturated heterocycles. The first-order chi connectivity index (χ1) is 13.3. The Hall–Kier alpha value is -2.41. The molecule has 2 aromatic rings. The lowest BCUT2D eigenvalue weighted by molar-refractivity contribution is -0.134. The van der Waals surface area contributed by atoms with Gasteiger partial charge in [0, 0.05) is 18.5 Å². The molecule has 1 aromatic carbocycles. The van der Waals surface area contributed by atoms with E-state index >= 15 is 0 Å². The van der Waals surface area contributed by atoms with Crippen molar-refractivity contribution in [3.8, 4) is 5.75 Å². The highest BCUT2D eigenvalue weighted by Crippen LogP contribution is 2.15. The molecule has 1 N–H and O–H groups in total. The van der Waals surface area contributed by atoms with Gasteiger partial charge >= 0.3 is 0 Å². The molecule has 1 heterocycles. The number of para-hydroxylation sites is 1. The molecule has 28 heavy (non-hydrogen) atoms. The van der Waals surface area contributed by atoms with Gasteiger partial charge in [0.2, 0.25) is 0 Å². The Morgan fingerprint density at radius 3 is 2.50 bits per heavy atom. The van der Waals surface area contributed by atoms with Crippen molar-refractivity contribution in [1.82, 2.24) is 15.2 Å². The van der Waals surface area contributed by atoms with Crippen LogP contribution in [0.4, 0.5) is 0 Å². The zero-order chi connectivity index (χ0) is 20.5. The first kappa shape index (κ1) is 21.9. The Labute approximate surface area is 170 Å². The summed E-state index contributed by atoms with van der Waals surface area (Å²) < 4.78 is 5.59. The predicted octanol–water partition coefficient (Wildman–Crippen LogP) is 3.59. The molecular formula is C21H29N3O3S. The monoisotopic (exact) mass is 403 g/mol. The van der Waals surface area contributed by atoms with Gasteiger partial charge in [-0.05, 0) is 24.0 Å². The number of hydrogen-bond acceptors (Lipinski definition) is 5. The fourth-order valence-corrected chi connectivity index (χ4v) is 3.28. The highest BCUT2D eigenvalue weighted by molar-refractivity contribution is 7.09. The first-order valence-electron chi connectivity index (χ1n) is 9.53. The van der Waals surface area contributed by atoms with E-state index < -0.39 is 0 Å². The molecule has 7 heteroatoms. The van der Waals surface area contributed by atoms with E-state index in [1.807, 2.05) is 44.2 Å². The molecule has 0 bridgehead atoms. The van der Waals surface area contributed by atoms with Crippen LogP contribution >= 0.6 is 11.3 Å². The lowest BCUT2D eigenvalue weighted by Crippen LogP contribution is -2.37. The van der Waals surface area contributed by atoms with Crippen molar-refractivity contribution < 1.29 is 14.3 Å². The maximum absolute atomic E-state index is 12.7. The standard InChI is InChI=1S/C21H29N3O3S/c1-15(2)10-22-21(26)18-14-28-19(23-18)12-24(11-16(3)4)20(25)13-27-17-8-6-5-7-9-17/h5-9,14-16H,10-13H2,1-4H3,(H,22,26). The van der Waals surface area contributed by atoms with Crippen LogP contribution in [0.3, 0.4) is 0 Å². The molecule has 0 radical (unpaired) electrons. The molecular weight excluding hydrogens is 374 g/mol. The van der Waals surface area contributed by atoms with E-state index in [0.717, 1.165) is 5.01 Å². The highest BCUT2D eigenvalue weighted by atomic mass is 32.1. The smallest absolute Gasteiger partial charge is 0.270 e. The number of ether oxygens (including phenoxy) is 1. The predicted molar refractivity (Wildman–Crippen MR) is 111 cm³/mol. The van der Waals surface area contributed by atoms with Crippen LogP contribution in [-0.4, -0.2) is 41.4 Å². The number of hydrogen-bond donors (Lipinski definition) is 1. The van der Waals surface area contributed by atoms with Crippen molar-refractivity contribution >= 4 is 23.2 Å². The number of nitrogens with zero attached hydrogens (tertiary/aromatic N) is 2. The first-order valence-corrected chi connectivity index (χ1v) is 10.4. The van der Waals surface area contributed by atoms with Crippen molar-refractivity contribution in [3.05, 3.63) is 46.4 Å². The molecule has 0 atom stereocenters. The van der Waals surface area contributed by atoms with Crippen molar-refractivity contribution in [3.63, 3.8) is 0 Å². The maximum atomic E-state index is 12.7. The van der Waals surface area contributed by atoms with Crippen LogP contribution in [0.5, 0.6) is 5.75 Å². The molecule has 0 aliphatic rings. The van der Waals surface area contributed by atoms with Gasteiger partial charge in [0.05, 0.1) is 6.54 Å². The Balaban J connectivity index is 1.97. The summed E-state index contributed by atoms with van der Waals surface area (Å²) in [5, 5.41) is 5.34. The van der Waals surface area contributed by atoms with Gasteiger partial charge in [-0.1, -0.05) is 45.9 Å². The van der Waals surface area contributed by atoms with Crippen LogP contribution in [0.2, 0.25) is 0 Å². The quantitative estimate of drug-likeness (QED) is 0.658. The van der Waals surface area contributed by atoms with Gasteiger partial charge in [-0.2, -0.15) is 0 Å². The molecule has 0 unspecified atom stereocenters. The van der Waals surface area contributed by atoms with Gasteiger partial charge in [-0.25, -0.2) is 4.98 Å². The van der Waals surface area contributed by atoms with Crippen LogP contribution in [0.15, 0.2) is 35.7 Å². The van der Waals surface area contributed by atoms with E-state index in [4.69, 9.17) is 4.74 Å². The summed E-state index contributed by atoms with van der Waals surface area (Å²) in [7, 11) is 0. The van der Waals surface area contributed by atoms with E-state index in [1.54, 1.807) is 10.3 Å².